The van der Waals surface area contributed by atoms with Gasteiger partial charge < -0.3 is 30.3 Å². The minimum Gasteiger partial charge on any atom is -0.497 e. The van der Waals surface area contributed by atoms with Gasteiger partial charge >= 0.3 is 0 Å². The summed E-state index contributed by atoms with van der Waals surface area (Å²) in [6.07, 6.45) is 1.38. The zero-order valence-electron chi connectivity index (χ0n) is 24.1. The molecule has 1 amide bonds. The first kappa shape index (κ1) is 29.1. The summed E-state index contributed by atoms with van der Waals surface area (Å²) in [4.78, 5) is 18.1. The summed E-state index contributed by atoms with van der Waals surface area (Å²) in [5.74, 6) is 2.23. The number of aromatic nitrogens is 1. The van der Waals surface area contributed by atoms with Crippen molar-refractivity contribution >= 4 is 23.1 Å². The molecule has 0 aliphatic rings. The van der Waals surface area contributed by atoms with E-state index in [2.05, 4.69) is 17.6 Å². The number of hydrogen-bond acceptors (Lipinski definition) is 7. The van der Waals surface area contributed by atoms with Crippen LogP contribution in [0.5, 0.6) is 17.2 Å². The minimum atomic E-state index is -0.279. The predicted octanol–water partition coefficient (Wildman–Crippen LogP) is 6.98. The van der Waals surface area contributed by atoms with Gasteiger partial charge in [0.1, 0.15) is 23.1 Å². The summed E-state index contributed by atoms with van der Waals surface area (Å²) in [5, 5.41) is 14.9. The Balaban J connectivity index is 1.65. The molecule has 0 aliphatic carbocycles. The van der Waals surface area contributed by atoms with Gasteiger partial charge in [-0.15, -0.1) is 0 Å². The number of methoxy groups -OCH3 is 3. The standard InChI is InChI=1S/C33H36N4O4/c1-6-22-10-11-24(36-33(38)23-16-26(40-4)19-27(17-23)41-5)18-29(22)31-15-14-28(30(34)7-2)32(37-31)35-20-21-8-12-25(39-3)13-9-21/h8-19,34H,6-7,20H2,1-5H3,(H,35,37)(H,36,38). The highest BCUT2D eigenvalue weighted by atomic mass is 16.5. The molecule has 0 atom stereocenters. The topological polar surface area (TPSA) is 106 Å². The summed E-state index contributed by atoms with van der Waals surface area (Å²) < 4.78 is 15.9. The van der Waals surface area contributed by atoms with Crippen LogP contribution in [0.1, 0.15) is 47.3 Å². The first-order chi connectivity index (χ1) is 19.9. The lowest BCUT2D eigenvalue weighted by Gasteiger charge is -2.16. The largest absolute Gasteiger partial charge is 0.497 e. The molecule has 41 heavy (non-hydrogen) atoms. The number of nitrogens with one attached hydrogen (secondary N) is 3. The molecular formula is C33H36N4O4. The number of rotatable bonds is 12. The quantitative estimate of drug-likeness (QED) is 0.164. The zero-order valence-corrected chi connectivity index (χ0v) is 24.1. The Morgan fingerprint density at radius 3 is 2.12 bits per heavy atom. The van der Waals surface area contributed by atoms with E-state index in [9.17, 15) is 4.79 Å². The van der Waals surface area contributed by atoms with Crippen molar-refractivity contribution in [1.29, 1.82) is 5.41 Å². The van der Waals surface area contributed by atoms with Gasteiger partial charge in [0.2, 0.25) is 0 Å². The third-order valence-electron chi connectivity index (χ3n) is 6.83. The fraction of sp³-hybridized carbons (Fsp3) is 0.242. The molecule has 0 saturated heterocycles. The second-order valence-electron chi connectivity index (χ2n) is 9.41. The second-order valence-corrected chi connectivity index (χ2v) is 9.41. The molecule has 8 heteroatoms. The van der Waals surface area contributed by atoms with E-state index < -0.39 is 0 Å². The van der Waals surface area contributed by atoms with Gasteiger partial charge in [0.15, 0.2) is 0 Å². The van der Waals surface area contributed by atoms with E-state index in [4.69, 9.17) is 24.6 Å². The van der Waals surface area contributed by atoms with Crippen molar-refractivity contribution < 1.29 is 19.0 Å². The van der Waals surface area contributed by atoms with Crippen molar-refractivity contribution in [1.82, 2.24) is 4.98 Å². The van der Waals surface area contributed by atoms with Crippen LogP contribution >= 0.6 is 0 Å². The van der Waals surface area contributed by atoms with Crippen LogP contribution in [0.15, 0.2) is 72.8 Å². The van der Waals surface area contributed by atoms with Crippen LogP contribution in [0.3, 0.4) is 0 Å². The predicted molar refractivity (Wildman–Crippen MR) is 164 cm³/mol. The smallest absolute Gasteiger partial charge is 0.255 e. The second kappa shape index (κ2) is 13.5. The molecular weight excluding hydrogens is 516 g/mol. The lowest BCUT2D eigenvalue weighted by Crippen LogP contribution is -2.13. The fourth-order valence-electron chi connectivity index (χ4n) is 4.45. The van der Waals surface area contributed by atoms with Crippen LogP contribution in [0.2, 0.25) is 0 Å². The molecule has 212 valence electrons. The molecule has 0 aliphatic heterocycles. The molecule has 3 aromatic carbocycles. The molecule has 0 fully saturated rings. The van der Waals surface area contributed by atoms with E-state index in [1.165, 1.54) is 0 Å². The van der Waals surface area contributed by atoms with Gasteiger partial charge in [-0.25, -0.2) is 4.98 Å². The molecule has 1 heterocycles. The molecule has 0 radical (unpaired) electrons. The highest BCUT2D eigenvalue weighted by Gasteiger charge is 2.15. The number of carbonyl (C=O) groups is 1. The van der Waals surface area contributed by atoms with Gasteiger partial charge in [0.05, 0.1) is 27.0 Å². The van der Waals surface area contributed by atoms with E-state index in [0.717, 1.165) is 40.1 Å². The van der Waals surface area contributed by atoms with E-state index >= 15 is 0 Å². The van der Waals surface area contributed by atoms with Gasteiger partial charge in [0, 0.05) is 40.7 Å². The summed E-state index contributed by atoms with van der Waals surface area (Å²) in [7, 11) is 4.74. The van der Waals surface area contributed by atoms with Gasteiger partial charge in [-0.05, 0) is 72.5 Å². The molecule has 4 aromatic rings. The van der Waals surface area contributed by atoms with E-state index in [1.807, 2.05) is 61.5 Å². The number of amides is 1. The maximum atomic E-state index is 13.1. The van der Waals surface area contributed by atoms with Crippen molar-refractivity contribution in [3.05, 3.63) is 95.1 Å². The molecule has 1 aromatic heterocycles. The van der Waals surface area contributed by atoms with Crippen molar-refractivity contribution in [2.45, 2.75) is 33.2 Å². The zero-order chi connectivity index (χ0) is 29.4. The third kappa shape index (κ3) is 7.03. The molecule has 0 spiro atoms. The van der Waals surface area contributed by atoms with Crippen molar-refractivity contribution in [2.75, 3.05) is 32.0 Å². The number of benzene rings is 3. The molecule has 0 saturated carbocycles. The van der Waals surface area contributed by atoms with E-state index in [1.54, 1.807) is 39.5 Å². The Kier molecular flexibility index (Phi) is 9.58. The molecule has 4 rings (SSSR count). The molecule has 3 N–H and O–H groups in total. The molecule has 0 unspecified atom stereocenters. The first-order valence-corrected chi connectivity index (χ1v) is 13.5. The maximum absolute atomic E-state index is 13.1. The Morgan fingerprint density at radius 2 is 1.51 bits per heavy atom. The molecule has 8 nitrogen and oxygen atoms in total. The average Bonchev–Trinajstić information content (AvgIpc) is 3.03. The van der Waals surface area contributed by atoms with Crippen LogP contribution < -0.4 is 24.8 Å². The SMILES string of the molecule is CCC(=N)c1ccc(-c2cc(NC(=O)c3cc(OC)cc(OC)c3)ccc2CC)nc1NCc1ccc(OC)cc1. The number of pyridine rings is 1. The highest BCUT2D eigenvalue weighted by Crippen LogP contribution is 2.30. The Morgan fingerprint density at radius 1 is 0.829 bits per heavy atom. The van der Waals surface area contributed by atoms with Gasteiger partial charge in [-0.2, -0.15) is 0 Å². The van der Waals surface area contributed by atoms with Crippen molar-refractivity contribution in [3.8, 4) is 28.5 Å². The number of anilines is 2. The van der Waals surface area contributed by atoms with E-state index in [-0.39, 0.29) is 5.91 Å². The Bertz CT molecular complexity index is 1510. The van der Waals surface area contributed by atoms with Gasteiger partial charge in [0.25, 0.3) is 5.91 Å². The number of ether oxygens (including phenoxy) is 3. The number of nitrogens with zero attached hydrogens (tertiary/aromatic N) is 1. The first-order valence-electron chi connectivity index (χ1n) is 13.5. The summed E-state index contributed by atoms with van der Waals surface area (Å²) in [6, 6.07) is 22.6. The van der Waals surface area contributed by atoms with E-state index in [0.29, 0.717) is 47.2 Å². The Labute approximate surface area is 241 Å². The lowest BCUT2D eigenvalue weighted by atomic mass is 9.99. The number of hydrogen-bond donors (Lipinski definition) is 3. The van der Waals surface area contributed by atoms with Crippen LogP contribution in [0.4, 0.5) is 11.5 Å². The lowest BCUT2D eigenvalue weighted by molar-refractivity contribution is 0.102. The fourth-order valence-corrected chi connectivity index (χ4v) is 4.45. The van der Waals surface area contributed by atoms with Gasteiger partial charge in [-0.3, -0.25) is 4.79 Å². The van der Waals surface area contributed by atoms with Gasteiger partial charge in [-0.1, -0.05) is 32.0 Å². The number of aryl methyl sites for hydroxylation is 1. The molecule has 0 bridgehead atoms. The third-order valence-corrected chi connectivity index (χ3v) is 6.83. The summed E-state index contributed by atoms with van der Waals surface area (Å²) >= 11 is 0. The normalized spacial score (nSPS) is 10.6. The highest BCUT2D eigenvalue weighted by molar-refractivity contribution is 6.05. The summed E-state index contributed by atoms with van der Waals surface area (Å²) in [6.45, 7) is 4.59. The average molecular weight is 553 g/mol. The van der Waals surface area contributed by atoms with Crippen LogP contribution in [-0.4, -0.2) is 37.9 Å². The van der Waals surface area contributed by atoms with Crippen molar-refractivity contribution in [2.24, 2.45) is 0 Å². The number of carbonyl (C=O) groups excluding carboxylic acids is 1. The van der Waals surface area contributed by atoms with Crippen LogP contribution in [-0.2, 0) is 13.0 Å². The minimum absolute atomic E-state index is 0.279. The monoisotopic (exact) mass is 552 g/mol. The Hall–Kier alpha value is -4.85. The summed E-state index contributed by atoms with van der Waals surface area (Å²) in [5.41, 5.74) is 6.17. The van der Waals surface area contributed by atoms with Crippen LogP contribution in [0.25, 0.3) is 11.3 Å². The maximum Gasteiger partial charge on any atom is 0.255 e. The van der Waals surface area contributed by atoms with Crippen molar-refractivity contribution in [3.63, 3.8) is 0 Å². The van der Waals surface area contributed by atoms with Crippen LogP contribution in [0, 0.1) is 5.41 Å².